The van der Waals surface area contributed by atoms with Crippen LogP contribution in [0.15, 0.2) is 60.7 Å². The zero-order chi connectivity index (χ0) is 18.2. The van der Waals surface area contributed by atoms with Crippen molar-refractivity contribution >= 4 is 29.1 Å². The Morgan fingerprint density at radius 1 is 0.920 bits per heavy atom. The fourth-order valence-corrected chi connectivity index (χ4v) is 2.43. The van der Waals surface area contributed by atoms with Crippen molar-refractivity contribution < 1.29 is 19.1 Å². The van der Waals surface area contributed by atoms with Gasteiger partial charge in [-0.05, 0) is 17.5 Å². The molecule has 2 N–H and O–H groups in total. The van der Waals surface area contributed by atoms with Crippen LogP contribution >= 0.6 is 11.6 Å². The molecule has 0 saturated carbocycles. The molecule has 0 aliphatic rings. The first-order valence-corrected chi connectivity index (χ1v) is 8.15. The second-order valence-electron chi connectivity index (χ2n) is 5.49. The third kappa shape index (κ3) is 5.52. The summed E-state index contributed by atoms with van der Waals surface area (Å²) in [6, 6.07) is 17.0. The highest BCUT2D eigenvalue weighted by molar-refractivity contribution is 6.55. The molecule has 25 heavy (non-hydrogen) atoms. The van der Waals surface area contributed by atoms with Gasteiger partial charge in [-0.25, -0.2) is 4.79 Å². The van der Waals surface area contributed by atoms with Crippen molar-refractivity contribution in [2.75, 3.05) is 0 Å². The molecule has 6 heteroatoms. The molecule has 0 saturated heterocycles. The molecule has 0 bridgehead atoms. The number of ether oxygens (including phenoxy) is 1. The highest BCUT2D eigenvalue weighted by Crippen LogP contribution is 2.10. The van der Waals surface area contributed by atoms with Crippen LogP contribution in [-0.4, -0.2) is 29.0 Å². The molecular weight excluding hydrogens is 342 g/mol. The number of hydrogen-bond donors (Lipinski definition) is 1. The van der Waals surface area contributed by atoms with Crippen LogP contribution in [0.4, 0.5) is 0 Å². The Morgan fingerprint density at radius 2 is 1.44 bits per heavy atom. The lowest BCUT2D eigenvalue weighted by atomic mass is 10.00. The van der Waals surface area contributed by atoms with Gasteiger partial charge in [0.25, 0.3) is 5.78 Å². The Kier molecular flexibility index (Phi) is 6.86. The van der Waals surface area contributed by atoms with Gasteiger partial charge in [0.1, 0.15) is 6.61 Å². The van der Waals surface area contributed by atoms with Crippen molar-refractivity contribution in [3.63, 3.8) is 0 Å². The van der Waals surface area contributed by atoms with E-state index >= 15 is 0 Å². The summed E-state index contributed by atoms with van der Waals surface area (Å²) in [6.07, 6.45) is 0.231. The number of carbonyl (C=O) groups excluding carboxylic acids is 3. The number of hydrogen-bond acceptors (Lipinski definition) is 5. The van der Waals surface area contributed by atoms with Crippen LogP contribution in [0.1, 0.15) is 11.1 Å². The average Bonchev–Trinajstić information content (AvgIpc) is 2.65. The van der Waals surface area contributed by atoms with Crippen LogP contribution in [0, 0.1) is 0 Å². The summed E-state index contributed by atoms with van der Waals surface area (Å²) in [5, 5.41) is -1.65. The first-order valence-electron chi connectivity index (χ1n) is 7.71. The molecule has 2 aromatic carbocycles. The normalized spacial score (nSPS) is 12.9. The van der Waals surface area contributed by atoms with E-state index in [0.717, 1.165) is 11.1 Å². The second-order valence-corrected chi connectivity index (χ2v) is 5.92. The third-order valence-corrected chi connectivity index (χ3v) is 3.97. The predicted molar refractivity (Wildman–Crippen MR) is 94.0 cm³/mol. The number of halogens is 1. The molecule has 0 heterocycles. The molecule has 0 amide bonds. The molecule has 0 aromatic heterocycles. The molecule has 2 atom stereocenters. The molecular formula is C19H18ClNO4. The largest absolute Gasteiger partial charge is 0.455 e. The van der Waals surface area contributed by atoms with Crippen LogP contribution in [0.25, 0.3) is 0 Å². The highest BCUT2D eigenvalue weighted by Gasteiger charge is 2.33. The quantitative estimate of drug-likeness (QED) is 0.337. The predicted octanol–water partition coefficient (Wildman–Crippen LogP) is 2.05. The molecule has 1 unspecified atom stereocenters. The number of Topliss-reactive ketones (excluding diaryl/α,β-unsaturated/α-hetero) is 2. The van der Waals surface area contributed by atoms with Gasteiger partial charge in [-0.15, -0.1) is 11.6 Å². The number of alkyl halides is 1. The SMILES string of the molecule is N[C@@H](Cc1ccccc1)C(=O)C(Cl)C(=O)C(=O)OCc1ccccc1. The summed E-state index contributed by atoms with van der Waals surface area (Å²) in [7, 11) is 0. The Morgan fingerprint density at radius 3 is 2.00 bits per heavy atom. The van der Waals surface area contributed by atoms with Gasteiger partial charge in [0.15, 0.2) is 11.2 Å². The van der Waals surface area contributed by atoms with Gasteiger partial charge in [-0.2, -0.15) is 0 Å². The van der Waals surface area contributed by atoms with Crippen molar-refractivity contribution in [2.24, 2.45) is 5.73 Å². The lowest BCUT2D eigenvalue weighted by Crippen LogP contribution is -2.43. The zero-order valence-corrected chi connectivity index (χ0v) is 14.2. The van der Waals surface area contributed by atoms with Crippen molar-refractivity contribution in [2.45, 2.75) is 24.4 Å². The zero-order valence-electron chi connectivity index (χ0n) is 13.4. The van der Waals surface area contributed by atoms with Gasteiger partial charge in [-0.1, -0.05) is 60.7 Å². The number of nitrogens with two attached hydrogens (primary N) is 1. The van der Waals surface area contributed by atoms with E-state index in [1.54, 1.807) is 24.3 Å². The van der Waals surface area contributed by atoms with E-state index in [2.05, 4.69) is 0 Å². The Hall–Kier alpha value is -2.50. The van der Waals surface area contributed by atoms with Crippen molar-refractivity contribution in [1.29, 1.82) is 0 Å². The summed E-state index contributed by atoms with van der Waals surface area (Å²) < 4.78 is 4.89. The third-order valence-electron chi connectivity index (χ3n) is 3.56. The summed E-state index contributed by atoms with van der Waals surface area (Å²) in [6.45, 7) is -0.0702. The van der Waals surface area contributed by atoms with Crippen LogP contribution in [0.5, 0.6) is 0 Å². The standard InChI is InChI=1S/C19H18ClNO4/c20-16(17(22)15(21)11-13-7-3-1-4-8-13)18(23)19(24)25-12-14-9-5-2-6-10-14/h1-10,15-16H,11-12,21H2/t15-,16?/m0/s1. The van der Waals surface area contributed by atoms with Crippen LogP contribution < -0.4 is 5.73 Å². The van der Waals surface area contributed by atoms with E-state index in [1.807, 2.05) is 36.4 Å². The molecule has 0 spiro atoms. The fraction of sp³-hybridized carbons (Fsp3) is 0.211. The van der Waals surface area contributed by atoms with Gasteiger partial charge >= 0.3 is 5.97 Å². The van der Waals surface area contributed by atoms with Gasteiger partial charge < -0.3 is 10.5 Å². The molecule has 130 valence electrons. The minimum atomic E-state index is -1.65. The molecule has 0 aliphatic carbocycles. The van der Waals surface area contributed by atoms with E-state index in [1.165, 1.54) is 0 Å². The van der Waals surface area contributed by atoms with E-state index in [9.17, 15) is 14.4 Å². The smallest absolute Gasteiger partial charge is 0.377 e. The summed E-state index contributed by atoms with van der Waals surface area (Å²) in [4.78, 5) is 36.0. The molecule has 2 aromatic rings. The summed E-state index contributed by atoms with van der Waals surface area (Å²) >= 11 is 5.84. The minimum Gasteiger partial charge on any atom is -0.455 e. The molecule has 5 nitrogen and oxygen atoms in total. The lowest BCUT2D eigenvalue weighted by Gasteiger charge is -2.14. The highest BCUT2D eigenvalue weighted by atomic mass is 35.5. The summed E-state index contributed by atoms with van der Waals surface area (Å²) in [5.41, 5.74) is 7.38. The van der Waals surface area contributed by atoms with Gasteiger partial charge in [0.05, 0.1) is 6.04 Å². The Labute approximate surface area is 150 Å². The van der Waals surface area contributed by atoms with Gasteiger partial charge in [0.2, 0.25) is 0 Å². The number of esters is 1. The molecule has 0 radical (unpaired) electrons. The number of carbonyl (C=O) groups is 3. The topological polar surface area (TPSA) is 86.5 Å². The van der Waals surface area contributed by atoms with Crippen molar-refractivity contribution in [3.05, 3.63) is 71.8 Å². The minimum absolute atomic E-state index is 0.0702. The number of rotatable bonds is 8. The Bertz CT molecular complexity index is 734. The van der Waals surface area contributed by atoms with E-state index in [4.69, 9.17) is 22.1 Å². The lowest BCUT2D eigenvalue weighted by molar-refractivity contribution is -0.155. The maximum Gasteiger partial charge on any atom is 0.377 e. The first-order chi connectivity index (χ1) is 12.0. The average molecular weight is 360 g/mol. The van der Waals surface area contributed by atoms with Crippen LogP contribution in [0.3, 0.4) is 0 Å². The maximum atomic E-state index is 12.2. The number of benzene rings is 2. The van der Waals surface area contributed by atoms with Crippen molar-refractivity contribution in [3.8, 4) is 0 Å². The molecule has 0 aliphatic heterocycles. The van der Waals surface area contributed by atoms with E-state index < -0.39 is 29.0 Å². The van der Waals surface area contributed by atoms with Crippen LogP contribution in [0.2, 0.25) is 0 Å². The maximum absolute atomic E-state index is 12.2. The van der Waals surface area contributed by atoms with Crippen molar-refractivity contribution in [1.82, 2.24) is 0 Å². The van der Waals surface area contributed by atoms with Gasteiger partial charge in [0, 0.05) is 0 Å². The fourth-order valence-electron chi connectivity index (χ4n) is 2.18. The second kappa shape index (κ2) is 9.11. The molecule has 2 rings (SSSR count). The summed E-state index contributed by atoms with van der Waals surface area (Å²) in [5.74, 6) is -2.96. The first kappa shape index (κ1) is 18.8. The van der Waals surface area contributed by atoms with Crippen LogP contribution in [-0.2, 0) is 32.1 Å². The van der Waals surface area contributed by atoms with Gasteiger partial charge in [-0.3, -0.25) is 9.59 Å². The number of ketones is 2. The van der Waals surface area contributed by atoms with E-state index in [0.29, 0.717) is 0 Å². The van der Waals surface area contributed by atoms with E-state index in [-0.39, 0.29) is 13.0 Å². The molecule has 0 fully saturated rings. The monoisotopic (exact) mass is 359 g/mol. The Balaban J connectivity index is 1.89.